The minimum Gasteiger partial charge on any atom is -0.486 e. The van der Waals surface area contributed by atoms with Gasteiger partial charge in [0.15, 0.2) is 11.5 Å². The predicted molar refractivity (Wildman–Crippen MR) is 77.0 cm³/mol. The highest BCUT2D eigenvalue weighted by Crippen LogP contribution is 2.36. The van der Waals surface area contributed by atoms with Crippen molar-refractivity contribution in [2.45, 2.75) is 25.0 Å². The van der Waals surface area contributed by atoms with Crippen molar-refractivity contribution in [2.24, 2.45) is 17.6 Å². The van der Waals surface area contributed by atoms with E-state index in [-0.39, 0.29) is 6.10 Å². The first kappa shape index (κ1) is 12.5. The minimum atomic E-state index is 0.138. The third-order valence-electron chi connectivity index (χ3n) is 5.01. The van der Waals surface area contributed by atoms with Crippen molar-refractivity contribution in [3.63, 3.8) is 0 Å². The summed E-state index contributed by atoms with van der Waals surface area (Å²) < 4.78 is 11.8. The van der Waals surface area contributed by atoms with Gasteiger partial charge in [0.1, 0.15) is 12.7 Å². The van der Waals surface area contributed by atoms with Gasteiger partial charge in [-0.2, -0.15) is 0 Å². The molecule has 2 aliphatic heterocycles. The molecule has 20 heavy (non-hydrogen) atoms. The van der Waals surface area contributed by atoms with E-state index >= 15 is 0 Å². The largest absolute Gasteiger partial charge is 0.486 e. The van der Waals surface area contributed by atoms with E-state index in [4.69, 9.17) is 15.2 Å². The number of para-hydroxylation sites is 2. The second-order valence-corrected chi connectivity index (χ2v) is 6.39. The molecule has 1 aromatic rings. The van der Waals surface area contributed by atoms with Crippen LogP contribution in [0.5, 0.6) is 11.5 Å². The summed E-state index contributed by atoms with van der Waals surface area (Å²) in [6.07, 6.45) is 2.74. The summed E-state index contributed by atoms with van der Waals surface area (Å²) in [7, 11) is 0. The van der Waals surface area contributed by atoms with E-state index in [9.17, 15) is 0 Å². The summed E-state index contributed by atoms with van der Waals surface area (Å²) in [6, 6.07) is 8.34. The Labute approximate surface area is 119 Å². The highest BCUT2D eigenvalue weighted by Gasteiger charge is 2.40. The zero-order valence-electron chi connectivity index (χ0n) is 11.7. The molecule has 0 aromatic heterocycles. The third kappa shape index (κ3) is 2.17. The molecule has 2 N–H and O–H groups in total. The van der Waals surface area contributed by atoms with Crippen LogP contribution in [0.4, 0.5) is 0 Å². The van der Waals surface area contributed by atoms with E-state index in [0.717, 1.165) is 31.1 Å². The number of ether oxygens (including phenoxy) is 2. The molecule has 4 rings (SSSR count). The monoisotopic (exact) mass is 274 g/mol. The van der Waals surface area contributed by atoms with E-state index in [1.807, 2.05) is 24.3 Å². The standard InChI is InChI=1S/C16H22N2O2/c17-16-11-5-6-12(16)8-18(7-11)9-13-10-19-14-3-1-2-4-15(14)20-13/h1-4,11-13,16H,5-10,17H2/t11-,12+,13-,16?/m0/s1. The summed E-state index contributed by atoms with van der Waals surface area (Å²) in [4.78, 5) is 2.52. The van der Waals surface area contributed by atoms with Crippen LogP contribution in [-0.4, -0.2) is 43.3 Å². The van der Waals surface area contributed by atoms with Gasteiger partial charge in [-0.15, -0.1) is 0 Å². The molecule has 2 bridgehead atoms. The topological polar surface area (TPSA) is 47.7 Å². The smallest absolute Gasteiger partial charge is 0.161 e. The quantitative estimate of drug-likeness (QED) is 0.888. The highest BCUT2D eigenvalue weighted by atomic mass is 16.6. The van der Waals surface area contributed by atoms with Crippen molar-refractivity contribution in [3.8, 4) is 11.5 Å². The average Bonchev–Trinajstić information content (AvgIpc) is 2.70. The number of fused-ring (bicyclic) bond motifs is 3. The maximum atomic E-state index is 6.26. The zero-order valence-corrected chi connectivity index (χ0v) is 11.7. The van der Waals surface area contributed by atoms with Crippen molar-refractivity contribution >= 4 is 0 Å². The fourth-order valence-electron chi connectivity index (χ4n) is 3.95. The molecule has 1 saturated carbocycles. The molecule has 1 aliphatic carbocycles. The van der Waals surface area contributed by atoms with Gasteiger partial charge in [0.05, 0.1) is 0 Å². The number of nitrogens with two attached hydrogens (primary N) is 1. The molecule has 0 radical (unpaired) electrons. The van der Waals surface area contributed by atoms with Gasteiger partial charge >= 0.3 is 0 Å². The summed E-state index contributed by atoms with van der Waals surface area (Å²) in [5, 5.41) is 0. The predicted octanol–water partition coefficient (Wildman–Crippen LogP) is 1.50. The van der Waals surface area contributed by atoms with Crippen molar-refractivity contribution in [3.05, 3.63) is 24.3 Å². The molecule has 0 spiro atoms. The van der Waals surface area contributed by atoms with Crippen molar-refractivity contribution < 1.29 is 9.47 Å². The maximum absolute atomic E-state index is 6.26. The molecular formula is C16H22N2O2. The van der Waals surface area contributed by atoms with Gasteiger partial charge in [-0.1, -0.05) is 12.1 Å². The molecule has 2 heterocycles. The molecule has 4 heteroatoms. The van der Waals surface area contributed by atoms with Crippen molar-refractivity contribution in [2.75, 3.05) is 26.2 Å². The van der Waals surface area contributed by atoms with E-state index in [0.29, 0.717) is 24.5 Å². The Hall–Kier alpha value is -1.26. The lowest BCUT2D eigenvalue weighted by molar-refractivity contribution is 0.0394. The molecule has 1 saturated heterocycles. The molecule has 2 fully saturated rings. The van der Waals surface area contributed by atoms with Gasteiger partial charge < -0.3 is 15.2 Å². The van der Waals surface area contributed by atoms with Crippen LogP contribution in [0.1, 0.15) is 12.8 Å². The lowest BCUT2D eigenvalue weighted by atomic mass is 9.93. The van der Waals surface area contributed by atoms with Gasteiger partial charge in [-0.3, -0.25) is 4.90 Å². The SMILES string of the molecule is NC1[C@@H]2CC[C@H]1CN(C[C@H]1COc3ccccc3O1)C2. The summed E-state index contributed by atoms with van der Waals surface area (Å²) in [5.74, 6) is 3.11. The lowest BCUT2D eigenvalue weighted by Gasteiger charge is -2.38. The number of likely N-dealkylation sites (tertiary alicyclic amines) is 1. The van der Waals surface area contributed by atoms with Crippen LogP contribution in [0.25, 0.3) is 0 Å². The summed E-state index contributed by atoms with van der Waals surface area (Å²) in [6.45, 7) is 3.85. The second-order valence-electron chi connectivity index (χ2n) is 6.39. The average molecular weight is 274 g/mol. The Kier molecular flexibility index (Phi) is 3.08. The van der Waals surface area contributed by atoms with Gasteiger partial charge in [-0.05, 0) is 36.8 Å². The normalized spacial score (nSPS) is 36.0. The van der Waals surface area contributed by atoms with Crippen LogP contribution in [-0.2, 0) is 0 Å². The van der Waals surface area contributed by atoms with Crippen LogP contribution in [0, 0.1) is 11.8 Å². The number of hydrogen-bond donors (Lipinski definition) is 1. The third-order valence-corrected chi connectivity index (χ3v) is 5.01. The van der Waals surface area contributed by atoms with Gasteiger partial charge in [-0.25, -0.2) is 0 Å². The van der Waals surface area contributed by atoms with E-state index < -0.39 is 0 Å². The summed E-state index contributed by atoms with van der Waals surface area (Å²) >= 11 is 0. The first-order valence-corrected chi connectivity index (χ1v) is 7.66. The van der Waals surface area contributed by atoms with Gasteiger partial charge in [0, 0.05) is 25.7 Å². The van der Waals surface area contributed by atoms with E-state index in [1.165, 1.54) is 12.8 Å². The highest BCUT2D eigenvalue weighted by molar-refractivity contribution is 5.40. The van der Waals surface area contributed by atoms with Gasteiger partial charge in [0.2, 0.25) is 0 Å². The van der Waals surface area contributed by atoms with Crippen molar-refractivity contribution in [1.29, 1.82) is 0 Å². The molecule has 4 atom stereocenters. The minimum absolute atomic E-state index is 0.138. The summed E-state index contributed by atoms with van der Waals surface area (Å²) in [5.41, 5.74) is 6.26. The van der Waals surface area contributed by atoms with E-state index in [1.54, 1.807) is 0 Å². The number of nitrogens with zero attached hydrogens (tertiary/aromatic N) is 1. The van der Waals surface area contributed by atoms with Crippen molar-refractivity contribution in [1.82, 2.24) is 4.90 Å². The van der Waals surface area contributed by atoms with Crippen LogP contribution >= 0.6 is 0 Å². The van der Waals surface area contributed by atoms with Crippen LogP contribution < -0.4 is 15.2 Å². The Bertz CT molecular complexity index is 479. The first-order valence-electron chi connectivity index (χ1n) is 7.66. The number of piperidine rings is 1. The first-order chi connectivity index (χ1) is 9.79. The molecule has 1 aromatic carbocycles. The van der Waals surface area contributed by atoms with E-state index in [2.05, 4.69) is 4.90 Å². The van der Waals surface area contributed by atoms with Crippen LogP contribution in [0.15, 0.2) is 24.3 Å². The second kappa shape index (κ2) is 4.93. The molecule has 108 valence electrons. The fraction of sp³-hybridized carbons (Fsp3) is 0.625. The molecule has 3 aliphatic rings. The van der Waals surface area contributed by atoms with Crippen LogP contribution in [0.2, 0.25) is 0 Å². The fourth-order valence-corrected chi connectivity index (χ4v) is 3.95. The maximum Gasteiger partial charge on any atom is 0.161 e. The molecular weight excluding hydrogens is 252 g/mol. The number of hydrogen-bond acceptors (Lipinski definition) is 4. The molecule has 4 nitrogen and oxygen atoms in total. The lowest BCUT2D eigenvalue weighted by Crippen LogP contribution is -2.52. The number of benzene rings is 1. The van der Waals surface area contributed by atoms with Gasteiger partial charge in [0.25, 0.3) is 0 Å². The number of rotatable bonds is 2. The zero-order chi connectivity index (χ0) is 13.5. The Balaban J connectivity index is 1.39. The Morgan fingerprint density at radius 2 is 1.80 bits per heavy atom. The Morgan fingerprint density at radius 3 is 2.55 bits per heavy atom. The van der Waals surface area contributed by atoms with Crippen LogP contribution in [0.3, 0.4) is 0 Å². The Morgan fingerprint density at radius 1 is 1.10 bits per heavy atom. The molecule has 1 unspecified atom stereocenters. The molecule has 0 amide bonds.